The summed E-state index contributed by atoms with van der Waals surface area (Å²) >= 11 is 0. The van der Waals surface area contributed by atoms with Crippen molar-refractivity contribution in [2.75, 3.05) is 6.61 Å². The SMILES string of the molecule is CCCC1CC=C(c2ccc(CCc3ccc(-c4ccc(OCC)c(F)c4F)cc3)c(F)c2F)CC1. The summed E-state index contributed by atoms with van der Waals surface area (Å²) in [7, 11) is 0. The maximum Gasteiger partial charge on any atom is 0.201 e. The predicted molar refractivity (Wildman–Crippen MR) is 137 cm³/mol. The van der Waals surface area contributed by atoms with Gasteiger partial charge in [-0.2, -0.15) is 4.39 Å². The zero-order valence-electron chi connectivity index (χ0n) is 20.9. The first-order valence-electron chi connectivity index (χ1n) is 12.8. The van der Waals surface area contributed by atoms with Gasteiger partial charge in [-0.15, -0.1) is 0 Å². The Morgan fingerprint density at radius 3 is 2.17 bits per heavy atom. The normalized spacial score (nSPS) is 15.6. The summed E-state index contributed by atoms with van der Waals surface area (Å²) in [5.41, 5.74) is 3.18. The minimum Gasteiger partial charge on any atom is -0.491 e. The molecule has 5 heteroatoms. The molecule has 0 heterocycles. The third kappa shape index (κ3) is 5.66. The van der Waals surface area contributed by atoms with E-state index in [-0.39, 0.29) is 17.9 Å². The Labute approximate surface area is 210 Å². The summed E-state index contributed by atoms with van der Waals surface area (Å²) in [5.74, 6) is -2.99. The molecule has 0 spiro atoms. The maximum atomic E-state index is 14.9. The standard InChI is InChI=1S/C31H32F4O/c1-3-5-20-6-11-22(12-7-20)25-17-16-24(28(32)29(25)33)15-10-21-8-13-23(14-9-21)26-18-19-27(36-4-2)31(35)30(26)34/h8-9,11,13-14,16-20H,3-7,10,12,15H2,1-2H3. The summed E-state index contributed by atoms with van der Waals surface area (Å²) in [6.45, 7) is 4.12. The summed E-state index contributed by atoms with van der Waals surface area (Å²) in [4.78, 5) is 0. The molecule has 0 saturated heterocycles. The molecule has 1 aliphatic rings. The van der Waals surface area contributed by atoms with Crippen LogP contribution in [0.5, 0.6) is 5.75 Å². The van der Waals surface area contributed by atoms with Gasteiger partial charge in [0.1, 0.15) is 0 Å². The van der Waals surface area contributed by atoms with Gasteiger partial charge in [0.2, 0.25) is 5.82 Å². The van der Waals surface area contributed by atoms with Crippen LogP contribution in [0, 0.1) is 29.2 Å². The highest BCUT2D eigenvalue weighted by Crippen LogP contribution is 2.35. The van der Waals surface area contributed by atoms with Gasteiger partial charge in [-0.05, 0) is 79.3 Å². The molecule has 1 atom stereocenters. The molecular weight excluding hydrogens is 464 g/mol. The number of hydrogen-bond donors (Lipinski definition) is 0. The van der Waals surface area contributed by atoms with E-state index >= 15 is 0 Å². The average Bonchev–Trinajstić information content (AvgIpc) is 2.89. The molecule has 0 aliphatic heterocycles. The Hall–Kier alpha value is -3.08. The Morgan fingerprint density at radius 1 is 0.778 bits per heavy atom. The summed E-state index contributed by atoms with van der Waals surface area (Å²) in [6, 6.07) is 13.3. The zero-order valence-corrected chi connectivity index (χ0v) is 20.9. The number of rotatable bonds is 9. The smallest absolute Gasteiger partial charge is 0.201 e. The first-order chi connectivity index (χ1) is 17.4. The molecule has 0 aromatic heterocycles. The van der Waals surface area contributed by atoms with E-state index in [0.29, 0.717) is 35.4 Å². The number of hydrogen-bond acceptors (Lipinski definition) is 1. The Balaban J connectivity index is 1.43. The van der Waals surface area contributed by atoms with Gasteiger partial charge < -0.3 is 4.74 Å². The highest BCUT2D eigenvalue weighted by molar-refractivity contribution is 5.67. The van der Waals surface area contributed by atoms with Gasteiger partial charge >= 0.3 is 0 Å². The van der Waals surface area contributed by atoms with Crippen molar-refractivity contribution in [3.63, 3.8) is 0 Å². The van der Waals surface area contributed by atoms with E-state index in [2.05, 4.69) is 13.0 Å². The van der Waals surface area contributed by atoms with Crippen molar-refractivity contribution in [3.8, 4) is 16.9 Å². The lowest BCUT2D eigenvalue weighted by Crippen LogP contribution is -2.07. The minimum atomic E-state index is -1.01. The van der Waals surface area contributed by atoms with Crippen molar-refractivity contribution in [2.24, 2.45) is 5.92 Å². The largest absolute Gasteiger partial charge is 0.491 e. The minimum absolute atomic E-state index is 0.115. The Kier molecular flexibility index (Phi) is 8.50. The quantitative estimate of drug-likeness (QED) is 0.269. The molecule has 3 aromatic rings. The van der Waals surface area contributed by atoms with Crippen molar-refractivity contribution in [2.45, 2.75) is 58.8 Å². The van der Waals surface area contributed by atoms with Crippen LogP contribution < -0.4 is 4.74 Å². The first kappa shape index (κ1) is 26.0. The number of aryl methyl sites for hydroxylation is 2. The van der Waals surface area contributed by atoms with Crippen molar-refractivity contribution in [1.29, 1.82) is 0 Å². The van der Waals surface area contributed by atoms with Gasteiger partial charge in [0.25, 0.3) is 0 Å². The third-order valence-corrected chi connectivity index (χ3v) is 7.02. The van der Waals surface area contributed by atoms with Crippen molar-refractivity contribution in [3.05, 3.63) is 94.6 Å². The molecule has 190 valence electrons. The lowest BCUT2D eigenvalue weighted by atomic mass is 9.84. The lowest BCUT2D eigenvalue weighted by Gasteiger charge is -2.22. The summed E-state index contributed by atoms with van der Waals surface area (Å²) in [5, 5.41) is 0. The van der Waals surface area contributed by atoms with E-state index in [1.807, 2.05) is 0 Å². The van der Waals surface area contributed by atoms with Gasteiger partial charge in [-0.1, -0.05) is 62.2 Å². The van der Waals surface area contributed by atoms with Gasteiger partial charge in [0.15, 0.2) is 23.2 Å². The zero-order chi connectivity index (χ0) is 25.7. The van der Waals surface area contributed by atoms with E-state index in [0.717, 1.165) is 36.8 Å². The Bertz CT molecular complexity index is 1230. The van der Waals surface area contributed by atoms with E-state index in [4.69, 9.17) is 4.74 Å². The van der Waals surface area contributed by atoms with Gasteiger partial charge in [0.05, 0.1) is 6.61 Å². The van der Waals surface area contributed by atoms with Crippen molar-refractivity contribution >= 4 is 5.57 Å². The van der Waals surface area contributed by atoms with Crippen LogP contribution in [0.2, 0.25) is 0 Å². The molecule has 4 rings (SSSR count). The molecule has 0 bridgehead atoms. The average molecular weight is 497 g/mol. The number of benzene rings is 3. The monoisotopic (exact) mass is 496 g/mol. The molecule has 0 saturated carbocycles. The first-order valence-corrected chi connectivity index (χ1v) is 12.8. The second-order valence-corrected chi connectivity index (χ2v) is 9.43. The van der Waals surface area contributed by atoms with Crippen LogP contribution >= 0.6 is 0 Å². The van der Waals surface area contributed by atoms with Crippen LogP contribution in [-0.2, 0) is 12.8 Å². The fraction of sp³-hybridized carbons (Fsp3) is 0.355. The number of halogens is 4. The number of allylic oxidation sites excluding steroid dienone is 2. The van der Waals surface area contributed by atoms with Gasteiger partial charge in [-0.3, -0.25) is 0 Å². The van der Waals surface area contributed by atoms with Crippen molar-refractivity contribution < 1.29 is 22.3 Å². The van der Waals surface area contributed by atoms with E-state index in [1.165, 1.54) is 18.6 Å². The highest BCUT2D eigenvalue weighted by Gasteiger charge is 2.20. The van der Waals surface area contributed by atoms with E-state index in [9.17, 15) is 17.6 Å². The summed E-state index contributed by atoms with van der Waals surface area (Å²) in [6.07, 6.45) is 7.95. The van der Waals surface area contributed by atoms with E-state index in [1.54, 1.807) is 43.3 Å². The molecule has 0 radical (unpaired) electrons. The van der Waals surface area contributed by atoms with Gasteiger partial charge in [-0.25, -0.2) is 13.2 Å². The Morgan fingerprint density at radius 2 is 1.50 bits per heavy atom. The van der Waals surface area contributed by atoms with Gasteiger partial charge in [0, 0.05) is 11.1 Å². The van der Waals surface area contributed by atoms with Crippen LogP contribution in [0.4, 0.5) is 17.6 Å². The predicted octanol–water partition coefficient (Wildman–Crippen LogP) is 9.08. The molecular formula is C31H32F4O. The second kappa shape index (κ2) is 11.8. The lowest BCUT2D eigenvalue weighted by molar-refractivity contribution is 0.314. The molecule has 0 fully saturated rings. The topological polar surface area (TPSA) is 9.23 Å². The van der Waals surface area contributed by atoms with E-state index < -0.39 is 23.3 Å². The van der Waals surface area contributed by atoms with Crippen LogP contribution in [0.25, 0.3) is 16.7 Å². The summed E-state index contributed by atoms with van der Waals surface area (Å²) < 4.78 is 63.6. The molecule has 36 heavy (non-hydrogen) atoms. The molecule has 3 aromatic carbocycles. The molecule has 0 amide bonds. The second-order valence-electron chi connectivity index (χ2n) is 9.43. The molecule has 1 aliphatic carbocycles. The van der Waals surface area contributed by atoms with Crippen LogP contribution in [0.1, 0.15) is 62.6 Å². The highest BCUT2D eigenvalue weighted by atomic mass is 19.2. The van der Waals surface area contributed by atoms with Crippen molar-refractivity contribution in [1.82, 2.24) is 0 Å². The number of ether oxygens (including phenoxy) is 1. The molecule has 1 nitrogen and oxygen atoms in total. The maximum absolute atomic E-state index is 14.9. The fourth-order valence-corrected chi connectivity index (χ4v) is 4.99. The fourth-order valence-electron chi connectivity index (χ4n) is 4.99. The molecule has 0 N–H and O–H groups in total. The third-order valence-electron chi connectivity index (χ3n) is 7.02. The van der Waals surface area contributed by atoms with Crippen LogP contribution in [0.15, 0.2) is 54.6 Å². The van der Waals surface area contributed by atoms with Crippen LogP contribution in [-0.4, -0.2) is 6.61 Å². The van der Waals surface area contributed by atoms with Crippen LogP contribution in [0.3, 0.4) is 0 Å². The molecule has 1 unspecified atom stereocenters.